The van der Waals surface area contributed by atoms with Gasteiger partial charge in [0.2, 0.25) is 0 Å². The lowest BCUT2D eigenvalue weighted by molar-refractivity contribution is 0.306. The molecule has 166 valence electrons. The highest BCUT2D eigenvalue weighted by molar-refractivity contribution is 8.13. The summed E-state index contributed by atoms with van der Waals surface area (Å²) < 4.78 is 5.91. The number of hydrogen-bond donors (Lipinski definition) is 1. The SMILES string of the molecule is C1=CCC([C@@H]2N=C(SCc3ccc(OCc4ccccc4)cc3)N[C@@H]2c2ccccc2)C=C1. The molecule has 4 heteroatoms. The van der Waals surface area contributed by atoms with Gasteiger partial charge in [-0.25, -0.2) is 0 Å². The Balaban J connectivity index is 1.20. The zero-order chi connectivity index (χ0) is 22.3. The molecule has 0 saturated carbocycles. The summed E-state index contributed by atoms with van der Waals surface area (Å²) in [5.41, 5.74) is 3.73. The molecule has 0 amide bonds. The van der Waals surface area contributed by atoms with Crippen LogP contribution in [0.1, 0.15) is 29.2 Å². The van der Waals surface area contributed by atoms with E-state index in [-0.39, 0.29) is 12.1 Å². The van der Waals surface area contributed by atoms with Crippen LogP contribution in [0.4, 0.5) is 0 Å². The number of benzene rings is 3. The summed E-state index contributed by atoms with van der Waals surface area (Å²) >= 11 is 1.78. The van der Waals surface area contributed by atoms with E-state index in [0.29, 0.717) is 12.5 Å². The smallest absolute Gasteiger partial charge is 0.157 e. The fourth-order valence-electron chi connectivity index (χ4n) is 4.26. The normalized spacial score (nSPS) is 21.5. The molecule has 3 aromatic carbocycles. The number of amidine groups is 1. The minimum absolute atomic E-state index is 0.212. The predicted octanol–water partition coefficient (Wildman–Crippen LogP) is 6.70. The Morgan fingerprint density at radius 1 is 0.848 bits per heavy atom. The molecule has 2 aliphatic rings. The molecule has 0 aromatic heterocycles. The Kier molecular flexibility index (Phi) is 6.93. The third kappa shape index (κ3) is 5.58. The number of hydrogen-bond acceptors (Lipinski definition) is 4. The van der Waals surface area contributed by atoms with Crippen LogP contribution in [0.3, 0.4) is 0 Å². The summed E-state index contributed by atoms with van der Waals surface area (Å²) in [7, 11) is 0. The lowest BCUT2D eigenvalue weighted by Gasteiger charge is -2.25. The maximum absolute atomic E-state index is 5.91. The van der Waals surface area contributed by atoms with Gasteiger partial charge in [-0.15, -0.1) is 0 Å². The van der Waals surface area contributed by atoms with E-state index in [1.54, 1.807) is 11.8 Å². The molecule has 0 saturated heterocycles. The van der Waals surface area contributed by atoms with E-state index in [1.807, 2.05) is 18.2 Å². The molecule has 3 atom stereocenters. The average molecular weight is 453 g/mol. The van der Waals surface area contributed by atoms with Gasteiger partial charge < -0.3 is 10.1 Å². The quantitative estimate of drug-likeness (QED) is 0.433. The molecule has 0 bridgehead atoms. The van der Waals surface area contributed by atoms with Crippen LogP contribution < -0.4 is 10.1 Å². The lowest BCUT2D eigenvalue weighted by Crippen LogP contribution is -2.30. The van der Waals surface area contributed by atoms with Crippen LogP contribution in [0.25, 0.3) is 0 Å². The first-order valence-electron chi connectivity index (χ1n) is 11.5. The van der Waals surface area contributed by atoms with Crippen molar-refractivity contribution in [3.05, 3.63) is 126 Å². The topological polar surface area (TPSA) is 33.6 Å². The predicted molar refractivity (Wildman–Crippen MR) is 138 cm³/mol. The Morgan fingerprint density at radius 2 is 1.61 bits per heavy atom. The first-order chi connectivity index (χ1) is 16.3. The first kappa shape index (κ1) is 21.6. The van der Waals surface area contributed by atoms with Crippen molar-refractivity contribution in [2.24, 2.45) is 10.9 Å². The number of aliphatic imine (C=N–C) groups is 1. The van der Waals surface area contributed by atoms with Gasteiger partial charge in [0.15, 0.2) is 5.17 Å². The molecule has 5 rings (SSSR count). The van der Waals surface area contributed by atoms with Gasteiger partial charge >= 0.3 is 0 Å². The number of nitrogens with zero attached hydrogens (tertiary/aromatic N) is 1. The fraction of sp³-hybridized carbons (Fsp3) is 0.207. The minimum atomic E-state index is 0.212. The van der Waals surface area contributed by atoms with Gasteiger partial charge in [0.05, 0.1) is 12.1 Å². The van der Waals surface area contributed by atoms with Crippen molar-refractivity contribution in [1.82, 2.24) is 5.32 Å². The number of thioether (sulfide) groups is 1. The Hall–Kier alpha value is -3.24. The maximum Gasteiger partial charge on any atom is 0.157 e. The van der Waals surface area contributed by atoms with E-state index in [2.05, 4.69) is 96.4 Å². The highest BCUT2D eigenvalue weighted by Gasteiger charge is 2.34. The van der Waals surface area contributed by atoms with Crippen LogP contribution in [0.2, 0.25) is 0 Å². The lowest BCUT2D eigenvalue weighted by atomic mass is 9.86. The van der Waals surface area contributed by atoms with Gasteiger partial charge in [-0.05, 0) is 35.2 Å². The molecule has 1 aliphatic carbocycles. The van der Waals surface area contributed by atoms with Crippen LogP contribution in [0.15, 0.2) is 114 Å². The standard InChI is InChI=1S/C29H28N2OS/c1-4-10-22(11-5-1)20-32-26-18-16-23(17-19-26)21-33-29-30-27(24-12-6-2-7-13-24)28(31-29)25-14-8-3-9-15-25/h1-14,16-19,25,27-28H,15,20-21H2,(H,30,31)/t25?,27-,28+/m1/s1. The van der Waals surface area contributed by atoms with Crippen molar-refractivity contribution in [2.75, 3.05) is 0 Å². The molecule has 1 N–H and O–H groups in total. The van der Waals surface area contributed by atoms with Gasteiger partial charge in [-0.2, -0.15) is 0 Å². The van der Waals surface area contributed by atoms with Crippen molar-refractivity contribution in [1.29, 1.82) is 0 Å². The van der Waals surface area contributed by atoms with E-state index >= 15 is 0 Å². The number of rotatable bonds is 7. The van der Waals surface area contributed by atoms with E-state index in [9.17, 15) is 0 Å². The van der Waals surface area contributed by atoms with Crippen molar-refractivity contribution in [2.45, 2.75) is 30.9 Å². The van der Waals surface area contributed by atoms with Crippen molar-refractivity contribution >= 4 is 16.9 Å². The van der Waals surface area contributed by atoms with E-state index in [0.717, 1.165) is 23.1 Å². The second kappa shape index (κ2) is 10.6. The maximum atomic E-state index is 5.91. The van der Waals surface area contributed by atoms with Crippen molar-refractivity contribution in [3.8, 4) is 5.75 Å². The summed E-state index contributed by atoms with van der Waals surface area (Å²) in [4.78, 5) is 5.12. The molecular formula is C29H28N2OS. The molecule has 1 aliphatic heterocycles. The third-order valence-electron chi connectivity index (χ3n) is 6.05. The van der Waals surface area contributed by atoms with Crippen LogP contribution in [-0.2, 0) is 12.4 Å². The molecular weight excluding hydrogens is 424 g/mol. The molecule has 33 heavy (non-hydrogen) atoms. The summed E-state index contributed by atoms with van der Waals surface area (Å²) in [6.07, 6.45) is 9.86. The van der Waals surface area contributed by atoms with Crippen molar-refractivity contribution < 1.29 is 4.74 Å². The zero-order valence-corrected chi connectivity index (χ0v) is 19.3. The fourth-order valence-corrected chi connectivity index (χ4v) is 5.16. The molecule has 0 spiro atoms. The van der Waals surface area contributed by atoms with Crippen LogP contribution >= 0.6 is 11.8 Å². The molecule has 3 nitrogen and oxygen atoms in total. The highest BCUT2D eigenvalue weighted by Crippen LogP contribution is 2.35. The van der Waals surface area contributed by atoms with Crippen LogP contribution in [0.5, 0.6) is 5.75 Å². The number of nitrogens with one attached hydrogen (secondary N) is 1. The van der Waals surface area contributed by atoms with E-state index < -0.39 is 0 Å². The van der Waals surface area contributed by atoms with Gasteiger partial charge in [-0.1, -0.05) is 109 Å². The second-order valence-electron chi connectivity index (χ2n) is 8.38. The van der Waals surface area contributed by atoms with Crippen LogP contribution in [0, 0.1) is 5.92 Å². The second-order valence-corrected chi connectivity index (χ2v) is 9.34. The van der Waals surface area contributed by atoms with Gasteiger partial charge in [0, 0.05) is 11.7 Å². The summed E-state index contributed by atoms with van der Waals surface area (Å²) in [6, 6.07) is 29.7. The molecule has 0 fully saturated rings. The first-order valence-corrected chi connectivity index (χ1v) is 12.4. The van der Waals surface area contributed by atoms with Gasteiger partial charge in [0.25, 0.3) is 0 Å². The summed E-state index contributed by atoms with van der Waals surface area (Å²) in [5.74, 6) is 2.19. The monoisotopic (exact) mass is 452 g/mol. The van der Waals surface area contributed by atoms with E-state index in [1.165, 1.54) is 16.7 Å². The third-order valence-corrected chi connectivity index (χ3v) is 7.02. The average Bonchev–Trinajstić information content (AvgIpc) is 3.33. The Bertz CT molecular complexity index is 1120. The number of allylic oxidation sites excluding steroid dienone is 3. The molecule has 0 radical (unpaired) electrons. The van der Waals surface area contributed by atoms with E-state index in [4.69, 9.17) is 9.73 Å². The zero-order valence-electron chi connectivity index (χ0n) is 18.5. The molecule has 1 heterocycles. The van der Waals surface area contributed by atoms with Crippen LogP contribution in [-0.4, -0.2) is 11.2 Å². The number of ether oxygens (including phenoxy) is 1. The summed E-state index contributed by atoms with van der Waals surface area (Å²) in [6.45, 7) is 0.586. The van der Waals surface area contributed by atoms with Gasteiger partial charge in [-0.3, -0.25) is 4.99 Å². The van der Waals surface area contributed by atoms with Gasteiger partial charge in [0.1, 0.15) is 12.4 Å². The molecule has 1 unspecified atom stereocenters. The highest BCUT2D eigenvalue weighted by atomic mass is 32.2. The largest absolute Gasteiger partial charge is 0.489 e. The summed E-state index contributed by atoms with van der Waals surface area (Å²) in [5, 5.41) is 4.73. The molecule has 3 aromatic rings. The Morgan fingerprint density at radius 3 is 2.33 bits per heavy atom. The minimum Gasteiger partial charge on any atom is -0.489 e. The Labute approximate surface area is 200 Å². The van der Waals surface area contributed by atoms with Crippen molar-refractivity contribution in [3.63, 3.8) is 0 Å².